The lowest BCUT2D eigenvalue weighted by Crippen LogP contribution is -2.26. The van der Waals surface area contributed by atoms with Gasteiger partial charge in [0.2, 0.25) is 0 Å². The van der Waals surface area contributed by atoms with Gasteiger partial charge >= 0.3 is 12.2 Å². The summed E-state index contributed by atoms with van der Waals surface area (Å²) in [5, 5.41) is 3.32. The first kappa shape index (κ1) is 21.2. The third kappa shape index (κ3) is 4.89. The van der Waals surface area contributed by atoms with Crippen LogP contribution in [-0.2, 0) is 9.47 Å². The average molecular weight is 410 g/mol. The highest BCUT2D eigenvalue weighted by Gasteiger charge is 2.22. The molecule has 8 nitrogen and oxygen atoms in total. The molecule has 0 aliphatic carbocycles. The molecule has 0 saturated carbocycles. The van der Waals surface area contributed by atoms with Gasteiger partial charge in [0, 0.05) is 22.8 Å². The Kier molecular flexibility index (Phi) is 5.69. The lowest BCUT2D eigenvalue weighted by atomic mass is 10.1. The molecule has 0 atom stereocenters. The molecule has 8 heteroatoms. The van der Waals surface area contributed by atoms with Crippen LogP contribution in [0.15, 0.2) is 42.7 Å². The smallest absolute Gasteiger partial charge is 0.420 e. The fourth-order valence-electron chi connectivity index (χ4n) is 2.92. The van der Waals surface area contributed by atoms with E-state index >= 15 is 0 Å². The van der Waals surface area contributed by atoms with Gasteiger partial charge < -0.3 is 15.2 Å². The van der Waals surface area contributed by atoms with Gasteiger partial charge in [-0.15, -0.1) is 0 Å². The predicted molar refractivity (Wildman–Crippen MR) is 116 cm³/mol. The summed E-state index contributed by atoms with van der Waals surface area (Å²) < 4.78 is 12.0. The molecule has 2 aromatic heterocycles. The zero-order valence-electron chi connectivity index (χ0n) is 17.7. The second-order valence-electron chi connectivity index (χ2n) is 8.19. The first-order valence-electron chi connectivity index (χ1n) is 9.61. The molecule has 1 amide bonds. The number of carbonyl (C=O) groups excluding carboxylic acids is 2. The molecule has 0 bridgehead atoms. The largest absolute Gasteiger partial charge is 0.447 e. The highest BCUT2D eigenvalue weighted by Crippen LogP contribution is 2.32. The summed E-state index contributed by atoms with van der Waals surface area (Å²) >= 11 is 0. The fraction of sp³-hybridized carbons (Fsp3) is 0.318. The molecule has 0 spiro atoms. The Morgan fingerprint density at radius 3 is 2.57 bits per heavy atom. The summed E-state index contributed by atoms with van der Waals surface area (Å²) in [6.07, 6.45) is 1.75. The number of carbonyl (C=O) groups is 2. The Balaban J connectivity index is 2.10. The van der Waals surface area contributed by atoms with Crippen LogP contribution in [0, 0.1) is 0 Å². The number of ether oxygens (including phenoxy) is 2. The van der Waals surface area contributed by atoms with Crippen LogP contribution >= 0.6 is 0 Å². The molecule has 30 heavy (non-hydrogen) atoms. The van der Waals surface area contributed by atoms with Crippen molar-refractivity contribution < 1.29 is 19.1 Å². The van der Waals surface area contributed by atoms with Crippen molar-refractivity contribution in [1.29, 1.82) is 0 Å². The fourth-order valence-corrected chi connectivity index (χ4v) is 2.92. The van der Waals surface area contributed by atoms with E-state index in [4.69, 9.17) is 15.2 Å². The number of rotatable bonds is 3. The zero-order chi connectivity index (χ0) is 22.1. The van der Waals surface area contributed by atoms with E-state index in [1.54, 1.807) is 59.0 Å². The topological polar surface area (TPSA) is 108 Å². The first-order valence-corrected chi connectivity index (χ1v) is 9.61. The number of nitrogen functional groups attached to an aromatic ring is 1. The SMILES string of the molecule is CC(C)OC(=O)Nc1cnc2c(c1)c(-c1cccc(N)c1)cn2C(=O)OC(C)(C)C. The second kappa shape index (κ2) is 8.06. The minimum absolute atomic E-state index is 0.252. The van der Waals surface area contributed by atoms with Crippen LogP contribution in [0.4, 0.5) is 21.0 Å². The van der Waals surface area contributed by atoms with Crippen LogP contribution in [0.25, 0.3) is 22.2 Å². The Morgan fingerprint density at radius 2 is 1.93 bits per heavy atom. The molecule has 1 aromatic carbocycles. The molecular weight excluding hydrogens is 384 g/mol. The third-order valence-corrected chi connectivity index (χ3v) is 4.02. The van der Waals surface area contributed by atoms with Crippen molar-refractivity contribution in [2.45, 2.75) is 46.3 Å². The molecule has 158 valence electrons. The molecule has 2 heterocycles. The number of hydrogen-bond acceptors (Lipinski definition) is 6. The summed E-state index contributed by atoms with van der Waals surface area (Å²) in [5.41, 5.74) is 8.27. The third-order valence-electron chi connectivity index (χ3n) is 4.02. The monoisotopic (exact) mass is 410 g/mol. The number of aromatic nitrogens is 2. The minimum Gasteiger partial charge on any atom is -0.447 e. The molecule has 0 aliphatic rings. The minimum atomic E-state index is -0.660. The van der Waals surface area contributed by atoms with Gasteiger partial charge in [0.25, 0.3) is 0 Å². The van der Waals surface area contributed by atoms with E-state index in [0.717, 1.165) is 11.1 Å². The number of nitrogens with zero attached hydrogens (tertiary/aromatic N) is 2. The second-order valence-corrected chi connectivity index (χ2v) is 8.19. The van der Waals surface area contributed by atoms with Gasteiger partial charge in [0.1, 0.15) is 11.2 Å². The quantitative estimate of drug-likeness (QED) is 0.587. The van der Waals surface area contributed by atoms with Crippen LogP contribution in [0.1, 0.15) is 34.6 Å². The average Bonchev–Trinajstić information content (AvgIpc) is 2.98. The molecule has 3 rings (SSSR count). The maximum Gasteiger partial charge on any atom is 0.420 e. The van der Waals surface area contributed by atoms with Gasteiger partial charge in [0.15, 0.2) is 0 Å². The standard InChI is InChI=1S/C22H26N4O4/c1-13(2)29-20(27)25-16-10-17-18(14-7-6-8-15(23)9-14)12-26(19(17)24-11-16)21(28)30-22(3,4)5/h6-13H,23H2,1-5H3,(H,25,27). The van der Waals surface area contributed by atoms with Gasteiger partial charge in [-0.3, -0.25) is 5.32 Å². The molecule has 0 aliphatic heterocycles. The number of hydrogen-bond donors (Lipinski definition) is 2. The molecule has 0 radical (unpaired) electrons. The van der Waals surface area contributed by atoms with Gasteiger partial charge in [-0.2, -0.15) is 0 Å². The van der Waals surface area contributed by atoms with Gasteiger partial charge in [-0.1, -0.05) is 12.1 Å². The van der Waals surface area contributed by atoms with E-state index in [9.17, 15) is 9.59 Å². The summed E-state index contributed by atoms with van der Waals surface area (Å²) in [7, 11) is 0. The van der Waals surface area contributed by atoms with E-state index in [1.807, 2.05) is 12.1 Å². The van der Waals surface area contributed by atoms with E-state index in [0.29, 0.717) is 22.4 Å². The number of pyridine rings is 1. The number of nitrogens with two attached hydrogens (primary N) is 1. The van der Waals surface area contributed by atoms with E-state index in [1.165, 1.54) is 10.8 Å². The Hall–Kier alpha value is -3.55. The zero-order valence-corrected chi connectivity index (χ0v) is 17.7. The number of fused-ring (bicyclic) bond motifs is 1. The first-order chi connectivity index (χ1) is 14.0. The summed E-state index contributed by atoms with van der Waals surface area (Å²) in [4.78, 5) is 29.1. The Morgan fingerprint density at radius 1 is 1.20 bits per heavy atom. The van der Waals surface area contributed by atoms with Gasteiger partial charge in [-0.05, 0) is 58.4 Å². The maximum atomic E-state index is 12.8. The van der Waals surface area contributed by atoms with Crippen LogP contribution in [-0.4, -0.2) is 33.4 Å². The van der Waals surface area contributed by atoms with Crippen molar-refractivity contribution in [3.63, 3.8) is 0 Å². The van der Waals surface area contributed by atoms with E-state index in [2.05, 4.69) is 10.3 Å². The normalized spacial score (nSPS) is 11.5. The summed E-state index contributed by atoms with van der Waals surface area (Å²) in [6.45, 7) is 8.92. The van der Waals surface area contributed by atoms with Crippen molar-refractivity contribution in [2.75, 3.05) is 11.1 Å². The van der Waals surface area contributed by atoms with Crippen LogP contribution in [0.5, 0.6) is 0 Å². The Labute approximate surface area is 175 Å². The van der Waals surface area contributed by atoms with E-state index < -0.39 is 17.8 Å². The van der Waals surface area contributed by atoms with Crippen molar-refractivity contribution in [3.05, 3.63) is 42.7 Å². The van der Waals surface area contributed by atoms with Crippen molar-refractivity contribution in [1.82, 2.24) is 9.55 Å². The van der Waals surface area contributed by atoms with Crippen molar-refractivity contribution in [2.24, 2.45) is 0 Å². The van der Waals surface area contributed by atoms with Crippen LogP contribution in [0.2, 0.25) is 0 Å². The highest BCUT2D eigenvalue weighted by molar-refractivity contribution is 6.01. The van der Waals surface area contributed by atoms with Crippen LogP contribution in [0.3, 0.4) is 0 Å². The Bertz CT molecular complexity index is 1100. The molecule has 0 unspecified atom stereocenters. The van der Waals surface area contributed by atoms with Crippen LogP contribution < -0.4 is 11.1 Å². The molecular formula is C22H26N4O4. The predicted octanol–water partition coefficient (Wildman–Crippen LogP) is 5.03. The van der Waals surface area contributed by atoms with E-state index in [-0.39, 0.29) is 6.10 Å². The van der Waals surface area contributed by atoms with Crippen molar-refractivity contribution in [3.8, 4) is 11.1 Å². The van der Waals surface area contributed by atoms with Gasteiger partial charge in [0.05, 0.1) is 18.0 Å². The number of amides is 1. The lowest BCUT2D eigenvalue weighted by Gasteiger charge is -2.19. The molecule has 3 N–H and O–H groups in total. The molecule has 0 fully saturated rings. The number of benzene rings is 1. The highest BCUT2D eigenvalue weighted by atomic mass is 16.6. The van der Waals surface area contributed by atoms with Gasteiger partial charge in [-0.25, -0.2) is 19.1 Å². The van der Waals surface area contributed by atoms with Crippen molar-refractivity contribution >= 4 is 34.6 Å². The number of nitrogens with one attached hydrogen (secondary N) is 1. The molecule has 0 saturated heterocycles. The summed E-state index contributed by atoms with van der Waals surface area (Å²) in [5.74, 6) is 0. The maximum absolute atomic E-state index is 12.8. The summed E-state index contributed by atoms with van der Waals surface area (Å²) in [6, 6.07) is 9.04. The lowest BCUT2D eigenvalue weighted by molar-refractivity contribution is 0.0543. The number of anilines is 2. The molecule has 3 aromatic rings.